The molecule has 0 unspecified atom stereocenters. The molecule has 104 valence electrons. The van der Waals surface area contributed by atoms with Crippen molar-refractivity contribution in [2.75, 3.05) is 11.9 Å². The van der Waals surface area contributed by atoms with Crippen molar-refractivity contribution in [3.63, 3.8) is 0 Å². The van der Waals surface area contributed by atoms with Gasteiger partial charge < -0.3 is 5.32 Å². The molecule has 0 bridgehead atoms. The first-order chi connectivity index (χ1) is 9.08. The van der Waals surface area contributed by atoms with Gasteiger partial charge in [0.1, 0.15) is 11.6 Å². The molecule has 0 saturated carbocycles. The Bertz CT molecular complexity index is 599. The summed E-state index contributed by atoms with van der Waals surface area (Å²) in [6.45, 7) is 7.17. The molecule has 0 spiro atoms. The highest BCUT2D eigenvalue weighted by Gasteiger charge is 2.06. The number of aromatic nitrogens is 4. The maximum Gasteiger partial charge on any atom is 0.349 e. The average Bonchev–Trinajstić information content (AvgIpc) is 2.70. The van der Waals surface area contributed by atoms with Crippen LogP contribution in [0.1, 0.15) is 38.9 Å². The van der Waals surface area contributed by atoms with Gasteiger partial charge in [-0.25, -0.2) is 19.3 Å². The van der Waals surface area contributed by atoms with Gasteiger partial charge in [0.15, 0.2) is 5.65 Å². The normalized spacial score (nSPS) is 11.4. The summed E-state index contributed by atoms with van der Waals surface area (Å²) in [5.41, 5.74) is 0.352. The van der Waals surface area contributed by atoms with Crippen LogP contribution in [0.5, 0.6) is 0 Å². The number of rotatable bonds is 6. The van der Waals surface area contributed by atoms with Gasteiger partial charge in [-0.3, -0.25) is 0 Å². The molecule has 2 rings (SSSR count). The van der Waals surface area contributed by atoms with E-state index in [2.05, 4.69) is 34.3 Å². The Morgan fingerprint density at radius 1 is 1.42 bits per heavy atom. The molecule has 2 aromatic heterocycles. The molecule has 0 aromatic carbocycles. The van der Waals surface area contributed by atoms with Crippen molar-refractivity contribution in [3.8, 4) is 0 Å². The van der Waals surface area contributed by atoms with Crippen LogP contribution >= 0.6 is 0 Å². The lowest BCUT2D eigenvalue weighted by atomic mass is 10.1. The number of anilines is 1. The SMILES string of the molecule is Cc1nc(NCCCCC(C)C)cc2n[nH]c(=O)n12. The summed E-state index contributed by atoms with van der Waals surface area (Å²) in [4.78, 5) is 15.8. The zero-order valence-electron chi connectivity index (χ0n) is 11.7. The maximum atomic E-state index is 11.5. The number of aryl methyl sites for hydroxylation is 1. The van der Waals surface area contributed by atoms with Gasteiger partial charge in [0.25, 0.3) is 0 Å². The van der Waals surface area contributed by atoms with Gasteiger partial charge in [-0.2, -0.15) is 5.10 Å². The second-order valence-corrected chi connectivity index (χ2v) is 5.23. The number of fused-ring (bicyclic) bond motifs is 1. The lowest BCUT2D eigenvalue weighted by Gasteiger charge is -2.08. The van der Waals surface area contributed by atoms with Crippen LogP contribution in [-0.2, 0) is 0 Å². The van der Waals surface area contributed by atoms with Crippen molar-refractivity contribution in [3.05, 3.63) is 22.4 Å². The number of nitrogens with zero attached hydrogens (tertiary/aromatic N) is 3. The molecule has 0 radical (unpaired) electrons. The summed E-state index contributed by atoms with van der Waals surface area (Å²) in [7, 11) is 0. The average molecular weight is 263 g/mol. The number of H-pyrrole nitrogens is 1. The summed E-state index contributed by atoms with van der Waals surface area (Å²) < 4.78 is 1.46. The van der Waals surface area contributed by atoms with Gasteiger partial charge in [0.2, 0.25) is 0 Å². The number of unbranched alkanes of at least 4 members (excludes halogenated alkanes) is 1. The molecule has 0 amide bonds. The van der Waals surface area contributed by atoms with Crippen LogP contribution in [0.25, 0.3) is 5.65 Å². The summed E-state index contributed by atoms with van der Waals surface area (Å²) in [6.07, 6.45) is 3.59. The molecule has 0 fully saturated rings. The third kappa shape index (κ3) is 3.33. The second-order valence-electron chi connectivity index (χ2n) is 5.23. The molecule has 6 heteroatoms. The Kier molecular flexibility index (Phi) is 4.19. The molecule has 0 saturated heterocycles. The Labute approximate surface area is 112 Å². The fourth-order valence-electron chi connectivity index (χ4n) is 2.08. The largest absolute Gasteiger partial charge is 0.370 e. The lowest BCUT2D eigenvalue weighted by Crippen LogP contribution is -2.14. The van der Waals surface area contributed by atoms with E-state index in [1.54, 1.807) is 13.0 Å². The maximum absolute atomic E-state index is 11.5. The van der Waals surface area contributed by atoms with E-state index in [1.807, 2.05) is 0 Å². The van der Waals surface area contributed by atoms with Crippen LogP contribution in [-0.4, -0.2) is 26.1 Å². The molecule has 2 N–H and O–H groups in total. The predicted octanol–water partition coefficient (Wildman–Crippen LogP) is 1.96. The minimum atomic E-state index is -0.247. The summed E-state index contributed by atoms with van der Waals surface area (Å²) in [5.74, 6) is 2.17. The Morgan fingerprint density at radius 2 is 2.21 bits per heavy atom. The molecule has 2 heterocycles. The van der Waals surface area contributed by atoms with Crippen LogP contribution in [0.15, 0.2) is 10.9 Å². The van der Waals surface area contributed by atoms with Crippen molar-refractivity contribution in [1.82, 2.24) is 19.6 Å². The van der Waals surface area contributed by atoms with Crippen LogP contribution in [0.4, 0.5) is 5.82 Å². The van der Waals surface area contributed by atoms with E-state index in [1.165, 1.54) is 17.2 Å². The van der Waals surface area contributed by atoms with Crippen LogP contribution in [0.3, 0.4) is 0 Å². The zero-order valence-corrected chi connectivity index (χ0v) is 11.7. The monoisotopic (exact) mass is 263 g/mol. The standard InChI is InChI=1S/C13H21N5O/c1-9(2)6-4-5-7-14-11-8-12-16-17-13(19)18(12)10(3)15-11/h8-9,14H,4-7H2,1-3H3,(H,17,19). The number of nitrogens with one attached hydrogen (secondary N) is 2. The Hall–Kier alpha value is -1.85. The molecule has 19 heavy (non-hydrogen) atoms. The topological polar surface area (TPSA) is 75.1 Å². The van der Waals surface area contributed by atoms with Crippen molar-refractivity contribution in [2.45, 2.75) is 40.0 Å². The van der Waals surface area contributed by atoms with Gasteiger partial charge in [0, 0.05) is 12.6 Å². The Morgan fingerprint density at radius 3 is 2.95 bits per heavy atom. The third-order valence-electron chi connectivity index (χ3n) is 3.08. The number of hydrogen-bond acceptors (Lipinski definition) is 4. The van der Waals surface area contributed by atoms with Crippen LogP contribution in [0.2, 0.25) is 0 Å². The molecule has 0 aliphatic rings. The summed E-state index contributed by atoms with van der Waals surface area (Å²) >= 11 is 0. The van der Waals surface area contributed by atoms with E-state index in [-0.39, 0.29) is 5.69 Å². The fraction of sp³-hybridized carbons (Fsp3) is 0.615. The van der Waals surface area contributed by atoms with Crippen LogP contribution in [0, 0.1) is 12.8 Å². The first-order valence-electron chi connectivity index (χ1n) is 6.76. The fourth-order valence-corrected chi connectivity index (χ4v) is 2.08. The van der Waals surface area contributed by atoms with Gasteiger partial charge in [-0.05, 0) is 19.3 Å². The van der Waals surface area contributed by atoms with E-state index in [4.69, 9.17) is 0 Å². The van der Waals surface area contributed by atoms with Crippen molar-refractivity contribution >= 4 is 11.5 Å². The van der Waals surface area contributed by atoms with E-state index in [0.29, 0.717) is 11.5 Å². The molecular weight excluding hydrogens is 242 g/mol. The van der Waals surface area contributed by atoms with Gasteiger partial charge >= 0.3 is 5.69 Å². The van der Waals surface area contributed by atoms with Crippen molar-refractivity contribution < 1.29 is 0 Å². The quantitative estimate of drug-likeness (QED) is 0.781. The Balaban J connectivity index is 1.96. The second kappa shape index (κ2) is 5.86. The minimum absolute atomic E-state index is 0.247. The highest BCUT2D eigenvalue weighted by Crippen LogP contribution is 2.09. The smallest absolute Gasteiger partial charge is 0.349 e. The van der Waals surface area contributed by atoms with E-state index in [9.17, 15) is 4.79 Å². The lowest BCUT2D eigenvalue weighted by molar-refractivity contribution is 0.544. The van der Waals surface area contributed by atoms with E-state index >= 15 is 0 Å². The molecule has 0 aliphatic heterocycles. The summed E-state index contributed by atoms with van der Waals surface area (Å²) in [5, 5.41) is 9.66. The number of hydrogen-bond donors (Lipinski definition) is 2. The predicted molar refractivity (Wildman–Crippen MR) is 75.5 cm³/mol. The molecular formula is C13H21N5O. The van der Waals surface area contributed by atoms with Gasteiger partial charge in [0.05, 0.1) is 0 Å². The van der Waals surface area contributed by atoms with E-state index < -0.39 is 0 Å². The zero-order chi connectivity index (χ0) is 13.8. The first-order valence-corrected chi connectivity index (χ1v) is 6.76. The van der Waals surface area contributed by atoms with Gasteiger partial charge in [-0.15, -0.1) is 0 Å². The number of aromatic amines is 1. The van der Waals surface area contributed by atoms with E-state index in [0.717, 1.165) is 24.7 Å². The van der Waals surface area contributed by atoms with Gasteiger partial charge in [-0.1, -0.05) is 26.7 Å². The minimum Gasteiger partial charge on any atom is -0.370 e. The highest BCUT2D eigenvalue weighted by molar-refractivity contribution is 5.49. The molecule has 0 aliphatic carbocycles. The van der Waals surface area contributed by atoms with Crippen LogP contribution < -0.4 is 11.0 Å². The van der Waals surface area contributed by atoms with Crippen molar-refractivity contribution in [2.24, 2.45) is 5.92 Å². The third-order valence-corrected chi connectivity index (χ3v) is 3.08. The summed E-state index contributed by atoms with van der Waals surface area (Å²) in [6, 6.07) is 1.79. The van der Waals surface area contributed by atoms with Crippen molar-refractivity contribution in [1.29, 1.82) is 0 Å². The molecule has 0 atom stereocenters. The molecule has 6 nitrogen and oxygen atoms in total. The first kappa shape index (κ1) is 13.6. The molecule has 2 aromatic rings. The highest BCUT2D eigenvalue weighted by atomic mass is 16.1.